The van der Waals surface area contributed by atoms with Gasteiger partial charge in [0.15, 0.2) is 0 Å². The molecule has 0 heterocycles. The quantitative estimate of drug-likeness (QED) is 0.0359. The number of phosphoric ester groups is 1. The molecule has 312 valence electrons. The van der Waals surface area contributed by atoms with Crippen molar-refractivity contribution in [3.8, 4) is 0 Å². The molecular weight excluding hydrogens is 671 g/mol. The van der Waals surface area contributed by atoms with E-state index in [-0.39, 0.29) is 25.7 Å². The Hall–Kier alpha value is -0.500. The Labute approximate surface area is 322 Å². The first-order chi connectivity index (χ1) is 25.4. The van der Waals surface area contributed by atoms with Gasteiger partial charge in [-0.15, -0.1) is 0 Å². The molecule has 1 amide bonds. The molecule has 0 aliphatic rings. The molecule has 0 aromatic rings. The number of rotatable bonds is 43. The lowest BCUT2D eigenvalue weighted by atomic mass is 10.0. The van der Waals surface area contributed by atoms with Gasteiger partial charge in [0.2, 0.25) is 5.91 Å². The zero-order valence-electron chi connectivity index (χ0n) is 34.6. The van der Waals surface area contributed by atoms with Crippen molar-refractivity contribution in [2.45, 2.75) is 251 Å². The fraction of sp³-hybridized carbons (Fsp3) is 0.977. The molecule has 1 unspecified atom stereocenters. The number of hydrogen-bond donors (Lipinski definition) is 4. The molecule has 0 rings (SSSR count). The molecular formula is C43H89N2O6P. The fourth-order valence-corrected chi connectivity index (χ4v) is 7.78. The lowest BCUT2D eigenvalue weighted by Crippen LogP contribution is -2.46. The Morgan fingerprint density at radius 3 is 1.23 bits per heavy atom. The molecule has 9 heteroatoms. The lowest BCUT2D eigenvalue weighted by molar-refractivity contribution is -0.123. The predicted octanol–water partition coefficient (Wildman–Crippen LogP) is 12.6. The van der Waals surface area contributed by atoms with Crippen LogP contribution in [0.25, 0.3) is 0 Å². The molecule has 0 spiro atoms. The van der Waals surface area contributed by atoms with E-state index < -0.39 is 20.0 Å². The molecule has 0 saturated heterocycles. The van der Waals surface area contributed by atoms with E-state index in [0.29, 0.717) is 12.8 Å². The topological polar surface area (TPSA) is 131 Å². The summed E-state index contributed by atoms with van der Waals surface area (Å²) in [6.07, 6.45) is 42.8. The van der Waals surface area contributed by atoms with Crippen molar-refractivity contribution in [2.24, 2.45) is 5.73 Å². The second kappa shape index (κ2) is 40.2. The normalized spacial score (nSPS) is 14.0. The minimum atomic E-state index is -4.30. The third-order valence-electron chi connectivity index (χ3n) is 10.5. The highest BCUT2D eigenvalue weighted by atomic mass is 31.2. The lowest BCUT2D eigenvalue weighted by Gasteiger charge is -2.25. The highest BCUT2D eigenvalue weighted by molar-refractivity contribution is 7.47. The Kier molecular flexibility index (Phi) is 39.8. The van der Waals surface area contributed by atoms with Crippen molar-refractivity contribution >= 4 is 13.7 Å². The number of carbonyl (C=O) groups excluding carboxylic acids is 1. The Balaban J connectivity index is 3.90. The Bertz CT molecular complexity index is 789. The Morgan fingerprint density at radius 2 is 0.885 bits per heavy atom. The zero-order valence-corrected chi connectivity index (χ0v) is 35.5. The van der Waals surface area contributed by atoms with E-state index in [1.165, 1.54) is 173 Å². The predicted molar refractivity (Wildman–Crippen MR) is 222 cm³/mol. The van der Waals surface area contributed by atoms with Crippen molar-refractivity contribution in [2.75, 3.05) is 19.8 Å². The van der Waals surface area contributed by atoms with Crippen LogP contribution >= 0.6 is 7.82 Å². The number of aliphatic hydroxyl groups is 1. The SMILES string of the molecule is CCCCCCCCCCCCCCCCCCCCCCCCCCC(=O)N[C@@H](COP(=O)(O)OCCN)[C@H](O)CCCCCCCCCCC. The third-order valence-corrected chi connectivity index (χ3v) is 11.4. The molecule has 8 nitrogen and oxygen atoms in total. The van der Waals surface area contributed by atoms with E-state index in [0.717, 1.165) is 38.5 Å². The maximum Gasteiger partial charge on any atom is 0.472 e. The maximum atomic E-state index is 12.7. The first kappa shape index (κ1) is 51.5. The summed E-state index contributed by atoms with van der Waals surface area (Å²) in [6.45, 7) is 4.21. The summed E-state index contributed by atoms with van der Waals surface area (Å²) in [5.41, 5.74) is 5.37. The van der Waals surface area contributed by atoms with Crippen molar-refractivity contribution in [3.05, 3.63) is 0 Å². The number of carbonyl (C=O) groups is 1. The van der Waals surface area contributed by atoms with Crippen LogP contribution in [0.5, 0.6) is 0 Å². The molecule has 5 N–H and O–H groups in total. The molecule has 0 aliphatic carbocycles. The van der Waals surface area contributed by atoms with Gasteiger partial charge in [0.25, 0.3) is 0 Å². The number of phosphoric acid groups is 1. The van der Waals surface area contributed by atoms with Gasteiger partial charge in [0, 0.05) is 13.0 Å². The van der Waals surface area contributed by atoms with E-state index in [9.17, 15) is 19.4 Å². The number of nitrogens with one attached hydrogen (secondary N) is 1. The smallest absolute Gasteiger partial charge is 0.391 e. The van der Waals surface area contributed by atoms with Crippen molar-refractivity contribution < 1.29 is 28.4 Å². The van der Waals surface area contributed by atoms with Crippen molar-refractivity contribution in [1.82, 2.24) is 5.32 Å². The molecule has 0 aliphatic heterocycles. The molecule has 0 radical (unpaired) electrons. The van der Waals surface area contributed by atoms with Crippen molar-refractivity contribution in [1.29, 1.82) is 0 Å². The standard InChI is InChI=1S/C43H89N2O6P/c1-3-5-7-9-11-13-14-15-16-17-18-19-20-21-22-23-24-25-26-27-29-31-33-35-37-43(47)45-41(40-51-52(48,49)50-39-38-44)42(46)36-34-32-30-28-12-10-8-6-4-2/h41-42,46H,3-40,44H2,1-2H3,(H,45,47)(H,48,49)/t41-,42+/m0/s1. The van der Waals surface area contributed by atoms with Crippen LogP contribution in [0.15, 0.2) is 0 Å². The summed E-state index contributed by atoms with van der Waals surface area (Å²) in [4.78, 5) is 22.7. The highest BCUT2D eigenvalue weighted by Crippen LogP contribution is 2.43. The minimum absolute atomic E-state index is 0.0922. The van der Waals surface area contributed by atoms with Crippen molar-refractivity contribution in [3.63, 3.8) is 0 Å². The van der Waals surface area contributed by atoms with Crippen LogP contribution in [-0.4, -0.2) is 47.8 Å². The van der Waals surface area contributed by atoms with Gasteiger partial charge >= 0.3 is 7.82 Å². The van der Waals surface area contributed by atoms with Gasteiger partial charge in [0.1, 0.15) is 0 Å². The monoisotopic (exact) mass is 761 g/mol. The third kappa shape index (κ3) is 37.8. The summed E-state index contributed by atoms with van der Waals surface area (Å²) in [6, 6.07) is -0.766. The summed E-state index contributed by atoms with van der Waals surface area (Å²) in [5, 5.41) is 13.7. The van der Waals surface area contributed by atoms with E-state index >= 15 is 0 Å². The van der Waals surface area contributed by atoms with Crippen LogP contribution in [0, 0.1) is 0 Å². The van der Waals surface area contributed by atoms with Gasteiger partial charge in [-0.1, -0.05) is 219 Å². The second-order valence-corrected chi connectivity index (χ2v) is 17.1. The maximum absolute atomic E-state index is 12.7. The summed E-state index contributed by atoms with van der Waals surface area (Å²) < 4.78 is 22.1. The van der Waals surface area contributed by atoms with Crippen LogP contribution in [0.4, 0.5) is 0 Å². The van der Waals surface area contributed by atoms with E-state index in [2.05, 4.69) is 19.2 Å². The summed E-state index contributed by atoms with van der Waals surface area (Å²) in [5.74, 6) is -0.158. The van der Waals surface area contributed by atoms with Crippen LogP contribution in [-0.2, 0) is 18.4 Å². The van der Waals surface area contributed by atoms with E-state index in [1.54, 1.807) is 0 Å². The van der Waals surface area contributed by atoms with Crippen LogP contribution in [0.3, 0.4) is 0 Å². The van der Waals surface area contributed by atoms with Gasteiger partial charge in [-0.05, 0) is 12.8 Å². The van der Waals surface area contributed by atoms with Gasteiger partial charge < -0.3 is 21.1 Å². The van der Waals surface area contributed by atoms with E-state index in [4.69, 9.17) is 14.8 Å². The molecule has 0 bridgehead atoms. The van der Waals surface area contributed by atoms with Crippen LogP contribution in [0.1, 0.15) is 239 Å². The van der Waals surface area contributed by atoms with E-state index in [1.807, 2.05) is 0 Å². The molecule has 52 heavy (non-hydrogen) atoms. The van der Waals surface area contributed by atoms with Crippen LogP contribution in [0.2, 0.25) is 0 Å². The average molecular weight is 761 g/mol. The van der Waals surface area contributed by atoms with Gasteiger partial charge in [-0.25, -0.2) is 4.57 Å². The number of unbranched alkanes of at least 4 members (excludes halogenated alkanes) is 31. The summed E-state index contributed by atoms with van der Waals surface area (Å²) in [7, 11) is -4.30. The first-order valence-corrected chi connectivity index (χ1v) is 24.1. The number of amides is 1. The number of hydrogen-bond acceptors (Lipinski definition) is 6. The fourth-order valence-electron chi connectivity index (χ4n) is 7.02. The number of aliphatic hydroxyl groups excluding tert-OH is 1. The summed E-state index contributed by atoms with van der Waals surface area (Å²) >= 11 is 0. The Morgan fingerprint density at radius 1 is 0.558 bits per heavy atom. The van der Waals surface area contributed by atoms with Gasteiger partial charge in [-0.3, -0.25) is 13.8 Å². The molecule has 0 aromatic carbocycles. The number of nitrogens with two attached hydrogens (primary N) is 1. The van der Waals surface area contributed by atoms with Gasteiger partial charge in [-0.2, -0.15) is 0 Å². The molecule has 3 atom stereocenters. The minimum Gasteiger partial charge on any atom is -0.391 e. The first-order valence-electron chi connectivity index (χ1n) is 22.7. The molecule has 0 saturated carbocycles. The largest absolute Gasteiger partial charge is 0.472 e. The van der Waals surface area contributed by atoms with Gasteiger partial charge in [0.05, 0.1) is 25.4 Å². The molecule has 0 fully saturated rings. The highest BCUT2D eigenvalue weighted by Gasteiger charge is 2.27. The zero-order chi connectivity index (χ0) is 38.2. The van der Waals surface area contributed by atoms with Crippen LogP contribution < -0.4 is 11.1 Å². The second-order valence-electron chi connectivity index (χ2n) is 15.6. The molecule has 0 aromatic heterocycles. The average Bonchev–Trinajstić information content (AvgIpc) is 3.13.